The number of nitrogens with one attached hydrogen (secondary N) is 1. The summed E-state index contributed by atoms with van der Waals surface area (Å²) < 4.78 is 4.99. The van der Waals surface area contributed by atoms with Gasteiger partial charge >= 0.3 is 5.97 Å². The zero-order valence-corrected chi connectivity index (χ0v) is 14.3. The number of likely N-dealkylation sites (tertiary alicyclic amines) is 1. The van der Waals surface area contributed by atoms with Crippen LogP contribution in [0, 0.1) is 17.3 Å². The molecule has 1 aliphatic heterocycles. The third kappa shape index (κ3) is 4.96. The zero-order chi connectivity index (χ0) is 15.6. The summed E-state index contributed by atoms with van der Waals surface area (Å²) in [6.45, 7) is 11.9. The topological polar surface area (TPSA) is 41.6 Å². The first-order valence-electron chi connectivity index (χ1n) is 8.35. The third-order valence-electron chi connectivity index (χ3n) is 4.81. The van der Waals surface area contributed by atoms with Gasteiger partial charge < -0.3 is 10.1 Å². The molecule has 1 saturated heterocycles. The van der Waals surface area contributed by atoms with Gasteiger partial charge in [-0.05, 0) is 37.5 Å². The highest BCUT2D eigenvalue weighted by atomic mass is 16.5. The minimum Gasteiger partial charge on any atom is -0.469 e. The van der Waals surface area contributed by atoms with Gasteiger partial charge in [0.25, 0.3) is 0 Å². The minimum atomic E-state index is -0.0507. The average molecular weight is 296 g/mol. The maximum absolute atomic E-state index is 12.0. The van der Waals surface area contributed by atoms with Crippen molar-refractivity contribution in [3.63, 3.8) is 0 Å². The Bertz CT molecular complexity index is 360. The Morgan fingerprint density at radius 1 is 1.33 bits per heavy atom. The highest BCUT2D eigenvalue weighted by molar-refractivity contribution is 5.72. The highest BCUT2D eigenvalue weighted by Crippen LogP contribution is 2.36. The Labute approximate surface area is 129 Å². The van der Waals surface area contributed by atoms with E-state index in [2.05, 4.69) is 37.9 Å². The van der Waals surface area contributed by atoms with E-state index in [4.69, 9.17) is 4.74 Å². The molecule has 122 valence electrons. The molecular formula is C17H32N2O2. The van der Waals surface area contributed by atoms with E-state index in [0.29, 0.717) is 12.1 Å². The molecule has 3 atom stereocenters. The summed E-state index contributed by atoms with van der Waals surface area (Å²) in [5, 5.41) is 3.67. The van der Waals surface area contributed by atoms with Gasteiger partial charge in [0.05, 0.1) is 13.0 Å². The second-order valence-electron chi connectivity index (χ2n) is 8.13. The van der Waals surface area contributed by atoms with Crippen molar-refractivity contribution in [3.05, 3.63) is 0 Å². The van der Waals surface area contributed by atoms with E-state index in [1.54, 1.807) is 0 Å². The number of piperidine rings is 1. The lowest BCUT2D eigenvalue weighted by Gasteiger charge is -2.41. The number of hydrogen-bond acceptors (Lipinski definition) is 4. The molecular weight excluding hydrogens is 264 g/mol. The van der Waals surface area contributed by atoms with Crippen LogP contribution in [0.25, 0.3) is 0 Å². The van der Waals surface area contributed by atoms with Crippen molar-refractivity contribution < 1.29 is 9.53 Å². The Hall–Kier alpha value is -0.610. The van der Waals surface area contributed by atoms with Crippen molar-refractivity contribution in [2.45, 2.75) is 59.0 Å². The molecule has 4 heteroatoms. The Morgan fingerprint density at radius 2 is 2.00 bits per heavy atom. The number of esters is 1. The van der Waals surface area contributed by atoms with Crippen LogP contribution >= 0.6 is 0 Å². The Kier molecular flexibility index (Phi) is 5.31. The summed E-state index contributed by atoms with van der Waals surface area (Å²) in [7, 11) is 1.50. The fourth-order valence-electron chi connectivity index (χ4n) is 3.28. The molecule has 1 aliphatic carbocycles. The standard InChI is InChI=1S/C17H32N2O2/c1-12(13-6-7-13)19-9-14(16(20)21-5)8-15(10-19)18-11-17(2,3)4/h12-15,18H,6-11H2,1-5H3. The molecule has 0 aromatic carbocycles. The number of carbonyl (C=O) groups is 1. The van der Waals surface area contributed by atoms with Gasteiger partial charge in [-0.15, -0.1) is 0 Å². The molecule has 0 aromatic rings. The third-order valence-corrected chi connectivity index (χ3v) is 4.81. The van der Waals surface area contributed by atoms with E-state index in [9.17, 15) is 4.79 Å². The van der Waals surface area contributed by atoms with E-state index in [0.717, 1.165) is 32.0 Å². The molecule has 21 heavy (non-hydrogen) atoms. The first-order valence-corrected chi connectivity index (χ1v) is 8.35. The molecule has 2 fully saturated rings. The lowest BCUT2D eigenvalue weighted by Crippen LogP contribution is -2.55. The normalized spacial score (nSPS) is 29.2. The van der Waals surface area contributed by atoms with Crippen molar-refractivity contribution in [1.29, 1.82) is 0 Å². The quantitative estimate of drug-likeness (QED) is 0.790. The number of carbonyl (C=O) groups excluding carboxylic acids is 1. The van der Waals surface area contributed by atoms with Gasteiger partial charge in [-0.3, -0.25) is 9.69 Å². The molecule has 0 spiro atoms. The second-order valence-corrected chi connectivity index (χ2v) is 8.13. The maximum atomic E-state index is 12.0. The van der Waals surface area contributed by atoms with Crippen molar-refractivity contribution in [2.24, 2.45) is 17.3 Å². The van der Waals surface area contributed by atoms with Crippen molar-refractivity contribution in [3.8, 4) is 0 Å². The molecule has 0 radical (unpaired) electrons. The molecule has 1 N–H and O–H groups in total. The van der Waals surface area contributed by atoms with E-state index < -0.39 is 0 Å². The largest absolute Gasteiger partial charge is 0.469 e. The monoisotopic (exact) mass is 296 g/mol. The molecule has 0 aromatic heterocycles. The number of methoxy groups -OCH3 is 1. The second kappa shape index (κ2) is 6.66. The number of rotatable bonds is 5. The predicted octanol–water partition coefficient (Wildman–Crippen LogP) is 2.28. The van der Waals surface area contributed by atoms with Gasteiger partial charge in [-0.25, -0.2) is 0 Å². The van der Waals surface area contributed by atoms with Crippen LogP contribution in [0.3, 0.4) is 0 Å². The summed E-state index contributed by atoms with van der Waals surface area (Å²) >= 11 is 0. The van der Waals surface area contributed by atoms with Crippen molar-refractivity contribution in [1.82, 2.24) is 10.2 Å². The molecule has 0 amide bonds. The van der Waals surface area contributed by atoms with E-state index in [1.165, 1.54) is 20.0 Å². The molecule has 1 heterocycles. The van der Waals surface area contributed by atoms with Gasteiger partial charge in [0.15, 0.2) is 0 Å². The molecule has 0 bridgehead atoms. The average Bonchev–Trinajstić information content (AvgIpc) is 3.27. The Balaban J connectivity index is 1.97. The van der Waals surface area contributed by atoms with Crippen LogP contribution < -0.4 is 5.32 Å². The zero-order valence-electron chi connectivity index (χ0n) is 14.3. The first-order chi connectivity index (χ1) is 9.80. The fraction of sp³-hybridized carbons (Fsp3) is 0.941. The van der Waals surface area contributed by atoms with E-state index in [1.807, 2.05) is 0 Å². The molecule has 4 nitrogen and oxygen atoms in total. The summed E-state index contributed by atoms with van der Waals surface area (Å²) in [5.41, 5.74) is 0.269. The summed E-state index contributed by atoms with van der Waals surface area (Å²) in [6.07, 6.45) is 3.60. The molecule has 2 rings (SSSR count). The van der Waals surface area contributed by atoms with Gasteiger partial charge in [0, 0.05) is 31.7 Å². The predicted molar refractivity (Wildman–Crippen MR) is 85.1 cm³/mol. The van der Waals surface area contributed by atoms with Gasteiger partial charge in [-0.2, -0.15) is 0 Å². The van der Waals surface area contributed by atoms with Gasteiger partial charge in [-0.1, -0.05) is 20.8 Å². The van der Waals surface area contributed by atoms with Gasteiger partial charge in [0.1, 0.15) is 0 Å². The Morgan fingerprint density at radius 3 is 2.52 bits per heavy atom. The maximum Gasteiger partial charge on any atom is 0.310 e. The SMILES string of the molecule is COC(=O)C1CC(NCC(C)(C)C)CN(C(C)C2CC2)C1. The lowest BCUT2D eigenvalue weighted by atomic mass is 9.90. The summed E-state index contributed by atoms with van der Waals surface area (Å²) in [6, 6.07) is 0.986. The van der Waals surface area contributed by atoms with Crippen molar-refractivity contribution in [2.75, 3.05) is 26.7 Å². The van der Waals surface area contributed by atoms with Crippen LogP contribution in [0.1, 0.15) is 47.0 Å². The van der Waals surface area contributed by atoms with Crippen LogP contribution in [0.4, 0.5) is 0 Å². The molecule has 2 aliphatic rings. The van der Waals surface area contributed by atoms with Crippen LogP contribution in [-0.2, 0) is 9.53 Å². The summed E-state index contributed by atoms with van der Waals surface area (Å²) in [4.78, 5) is 14.5. The van der Waals surface area contributed by atoms with Crippen molar-refractivity contribution >= 4 is 5.97 Å². The van der Waals surface area contributed by atoms with Gasteiger partial charge in [0.2, 0.25) is 0 Å². The van der Waals surface area contributed by atoms with Crippen LogP contribution in [0.2, 0.25) is 0 Å². The van der Waals surface area contributed by atoms with Crippen LogP contribution in [0.5, 0.6) is 0 Å². The number of nitrogens with zero attached hydrogens (tertiary/aromatic N) is 1. The fourth-order valence-corrected chi connectivity index (χ4v) is 3.28. The van der Waals surface area contributed by atoms with Crippen LogP contribution in [-0.4, -0.2) is 49.7 Å². The number of ether oxygens (including phenoxy) is 1. The highest BCUT2D eigenvalue weighted by Gasteiger charge is 2.39. The smallest absolute Gasteiger partial charge is 0.310 e. The molecule has 1 saturated carbocycles. The number of hydrogen-bond donors (Lipinski definition) is 1. The van der Waals surface area contributed by atoms with Crippen LogP contribution in [0.15, 0.2) is 0 Å². The first kappa shape index (κ1) is 16.8. The van der Waals surface area contributed by atoms with E-state index in [-0.39, 0.29) is 17.3 Å². The lowest BCUT2D eigenvalue weighted by molar-refractivity contribution is -0.148. The summed E-state index contributed by atoms with van der Waals surface area (Å²) in [5.74, 6) is 0.803. The molecule has 3 unspecified atom stereocenters. The minimum absolute atomic E-state index is 0.0161. The van der Waals surface area contributed by atoms with E-state index >= 15 is 0 Å².